The standard InChI is InChI=1S/C20H18F3N3O4S/c21-13-5-6-16(15(23)11-13)26-19(27)12-17(20(26)28)24-7-9-25(10-8-24)31(29,30)18-4-2-1-3-14(18)22/h1-6,11,17H,7-10,12H2/p+1/t17-/m0/s1. The molecule has 2 aromatic carbocycles. The molecule has 0 spiro atoms. The zero-order chi connectivity index (χ0) is 22.3. The second kappa shape index (κ2) is 8.06. The molecule has 1 atom stereocenters. The van der Waals surface area contributed by atoms with Gasteiger partial charge in [0.1, 0.15) is 22.3 Å². The molecule has 2 amide bonds. The van der Waals surface area contributed by atoms with Crippen LogP contribution in [0.25, 0.3) is 0 Å². The van der Waals surface area contributed by atoms with Crippen LogP contribution >= 0.6 is 0 Å². The number of hydrogen-bond acceptors (Lipinski definition) is 4. The Morgan fingerprint density at radius 1 is 0.935 bits per heavy atom. The van der Waals surface area contributed by atoms with Gasteiger partial charge in [0.2, 0.25) is 15.9 Å². The van der Waals surface area contributed by atoms with Crippen LogP contribution in [-0.2, 0) is 19.6 Å². The number of nitrogens with one attached hydrogen (secondary N) is 1. The van der Waals surface area contributed by atoms with E-state index in [1.54, 1.807) is 0 Å². The van der Waals surface area contributed by atoms with Crippen LogP contribution in [0.15, 0.2) is 47.4 Å². The van der Waals surface area contributed by atoms with E-state index in [9.17, 15) is 31.2 Å². The van der Waals surface area contributed by atoms with E-state index in [0.717, 1.165) is 27.4 Å². The van der Waals surface area contributed by atoms with E-state index in [-0.39, 0.29) is 38.3 Å². The van der Waals surface area contributed by atoms with Gasteiger partial charge in [0, 0.05) is 6.07 Å². The molecule has 164 valence electrons. The first kappa shape index (κ1) is 21.5. The molecule has 0 unspecified atom stereocenters. The third-order valence-corrected chi connectivity index (χ3v) is 7.54. The predicted octanol–water partition coefficient (Wildman–Crippen LogP) is 0.325. The predicted molar refractivity (Wildman–Crippen MR) is 103 cm³/mol. The van der Waals surface area contributed by atoms with Crippen LogP contribution in [0, 0.1) is 17.5 Å². The molecule has 0 bridgehead atoms. The van der Waals surface area contributed by atoms with E-state index in [2.05, 4.69) is 0 Å². The van der Waals surface area contributed by atoms with E-state index < -0.39 is 50.2 Å². The van der Waals surface area contributed by atoms with E-state index in [1.165, 1.54) is 18.2 Å². The number of carbonyl (C=O) groups excluding carboxylic acids is 2. The third-order valence-electron chi connectivity index (χ3n) is 5.61. The lowest BCUT2D eigenvalue weighted by Crippen LogP contribution is -3.19. The number of amides is 2. The number of anilines is 1. The second-order valence-corrected chi connectivity index (χ2v) is 9.32. The number of piperazine rings is 1. The first-order valence-corrected chi connectivity index (χ1v) is 11.1. The Balaban J connectivity index is 1.48. The lowest BCUT2D eigenvalue weighted by Gasteiger charge is -2.33. The van der Waals surface area contributed by atoms with Gasteiger partial charge in [-0.3, -0.25) is 9.59 Å². The van der Waals surface area contributed by atoms with Crippen molar-refractivity contribution in [2.75, 3.05) is 31.1 Å². The number of quaternary nitrogens is 1. The van der Waals surface area contributed by atoms with Gasteiger partial charge < -0.3 is 4.90 Å². The summed E-state index contributed by atoms with van der Waals surface area (Å²) >= 11 is 0. The Morgan fingerprint density at radius 2 is 1.61 bits per heavy atom. The van der Waals surface area contributed by atoms with Crippen molar-refractivity contribution in [3.8, 4) is 0 Å². The number of nitrogens with zero attached hydrogens (tertiary/aromatic N) is 2. The van der Waals surface area contributed by atoms with Gasteiger partial charge in [-0.1, -0.05) is 12.1 Å². The quantitative estimate of drug-likeness (QED) is 0.676. The van der Waals surface area contributed by atoms with Gasteiger partial charge in [0.05, 0.1) is 38.3 Å². The molecule has 0 aromatic heterocycles. The molecule has 2 aliphatic heterocycles. The Hall–Kier alpha value is -2.76. The van der Waals surface area contributed by atoms with Crippen molar-refractivity contribution in [2.24, 2.45) is 0 Å². The molecule has 7 nitrogen and oxygen atoms in total. The number of sulfonamides is 1. The minimum Gasteiger partial charge on any atom is -0.322 e. The van der Waals surface area contributed by atoms with Crippen LogP contribution in [-0.4, -0.2) is 56.8 Å². The molecule has 11 heteroatoms. The van der Waals surface area contributed by atoms with Gasteiger partial charge >= 0.3 is 0 Å². The molecule has 0 saturated carbocycles. The van der Waals surface area contributed by atoms with Crippen LogP contribution in [0.5, 0.6) is 0 Å². The van der Waals surface area contributed by atoms with Crippen LogP contribution in [0.1, 0.15) is 6.42 Å². The van der Waals surface area contributed by atoms with Crippen molar-refractivity contribution in [3.63, 3.8) is 0 Å². The fourth-order valence-electron chi connectivity index (χ4n) is 4.02. The fourth-order valence-corrected chi connectivity index (χ4v) is 5.53. The maximum Gasteiger partial charge on any atom is 0.292 e. The maximum atomic E-state index is 14.1. The summed E-state index contributed by atoms with van der Waals surface area (Å²) in [6.07, 6.45) is -0.162. The molecule has 2 heterocycles. The highest BCUT2D eigenvalue weighted by Crippen LogP contribution is 2.26. The highest BCUT2D eigenvalue weighted by molar-refractivity contribution is 7.89. The van der Waals surface area contributed by atoms with Gasteiger partial charge in [-0.25, -0.2) is 26.5 Å². The highest BCUT2D eigenvalue weighted by Gasteiger charge is 2.48. The Bertz CT molecular complexity index is 1150. The number of hydrogen-bond donors (Lipinski definition) is 1. The second-order valence-electron chi connectivity index (χ2n) is 7.41. The minimum absolute atomic E-state index is 0.0366. The number of benzene rings is 2. The van der Waals surface area contributed by atoms with Crippen molar-refractivity contribution < 1.29 is 36.1 Å². The summed E-state index contributed by atoms with van der Waals surface area (Å²) in [6.45, 7) is 0.512. The Kier molecular flexibility index (Phi) is 5.58. The van der Waals surface area contributed by atoms with Crippen molar-refractivity contribution in [2.45, 2.75) is 17.4 Å². The number of halogens is 3. The maximum absolute atomic E-state index is 14.1. The third kappa shape index (κ3) is 3.84. The van der Waals surface area contributed by atoms with Crippen LogP contribution in [0.2, 0.25) is 0 Å². The number of imide groups is 1. The molecule has 0 aliphatic carbocycles. The Morgan fingerprint density at radius 3 is 2.26 bits per heavy atom. The average molecular weight is 454 g/mol. The van der Waals surface area contributed by atoms with Crippen LogP contribution < -0.4 is 9.80 Å². The van der Waals surface area contributed by atoms with Crippen molar-refractivity contribution in [1.29, 1.82) is 0 Å². The molecule has 31 heavy (non-hydrogen) atoms. The van der Waals surface area contributed by atoms with E-state index in [0.29, 0.717) is 11.0 Å². The topological polar surface area (TPSA) is 79.2 Å². The molecule has 4 rings (SSSR count). The summed E-state index contributed by atoms with van der Waals surface area (Å²) in [5.41, 5.74) is -0.306. The van der Waals surface area contributed by atoms with E-state index in [1.807, 2.05) is 0 Å². The minimum atomic E-state index is -4.03. The van der Waals surface area contributed by atoms with Gasteiger partial charge in [-0.05, 0) is 24.3 Å². The zero-order valence-electron chi connectivity index (χ0n) is 16.2. The molecular weight excluding hydrogens is 435 g/mol. The zero-order valence-corrected chi connectivity index (χ0v) is 17.0. The summed E-state index contributed by atoms with van der Waals surface area (Å²) < 4.78 is 67.8. The molecule has 2 aromatic rings. The van der Waals surface area contributed by atoms with Gasteiger partial charge in [-0.2, -0.15) is 4.31 Å². The molecule has 2 saturated heterocycles. The van der Waals surface area contributed by atoms with Crippen molar-refractivity contribution >= 4 is 27.5 Å². The lowest BCUT2D eigenvalue weighted by molar-refractivity contribution is -0.918. The van der Waals surface area contributed by atoms with Gasteiger partial charge in [-0.15, -0.1) is 0 Å². The normalized spacial score (nSPS) is 21.1. The molecular formula is C20H19F3N3O4S+. The van der Waals surface area contributed by atoms with Crippen molar-refractivity contribution in [3.05, 3.63) is 59.9 Å². The summed E-state index contributed by atoms with van der Waals surface area (Å²) in [5.74, 6) is -3.90. The molecule has 1 N–H and O–H groups in total. The smallest absolute Gasteiger partial charge is 0.292 e. The molecule has 2 aliphatic rings. The van der Waals surface area contributed by atoms with Crippen LogP contribution in [0.3, 0.4) is 0 Å². The highest BCUT2D eigenvalue weighted by atomic mass is 32.2. The van der Waals surface area contributed by atoms with Gasteiger partial charge in [0.25, 0.3) is 5.91 Å². The number of carbonyl (C=O) groups is 2. The van der Waals surface area contributed by atoms with Crippen LogP contribution in [0.4, 0.5) is 18.9 Å². The lowest BCUT2D eigenvalue weighted by atomic mass is 10.2. The average Bonchev–Trinajstić information content (AvgIpc) is 3.02. The van der Waals surface area contributed by atoms with E-state index in [4.69, 9.17) is 0 Å². The first-order valence-electron chi connectivity index (χ1n) is 9.61. The Labute approximate surface area is 176 Å². The largest absolute Gasteiger partial charge is 0.322 e. The number of rotatable bonds is 4. The molecule has 0 radical (unpaired) electrons. The van der Waals surface area contributed by atoms with Gasteiger partial charge in [0.15, 0.2) is 6.04 Å². The SMILES string of the molecule is O=C1C[C@H]([NH+]2CCN(S(=O)(=O)c3ccccc3F)CC2)C(=O)N1c1ccc(F)cc1F. The van der Waals surface area contributed by atoms with Crippen molar-refractivity contribution in [1.82, 2.24) is 4.31 Å². The summed E-state index contributed by atoms with van der Waals surface area (Å²) in [5, 5.41) is 0. The first-order chi connectivity index (χ1) is 14.7. The summed E-state index contributed by atoms with van der Waals surface area (Å²) in [6, 6.07) is 6.90. The fraction of sp³-hybridized carbons (Fsp3) is 0.300. The monoisotopic (exact) mass is 454 g/mol. The van der Waals surface area contributed by atoms with E-state index >= 15 is 0 Å². The summed E-state index contributed by atoms with van der Waals surface area (Å²) in [4.78, 5) is 26.2. The molecule has 2 fully saturated rings. The summed E-state index contributed by atoms with van der Waals surface area (Å²) in [7, 11) is -4.03.